The summed E-state index contributed by atoms with van der Waals surface area (Å²) < 4.78 is 29.1. The fourth-order valence-electron chi connectivity index (χ4n) is 8.58. The molecule has 3 aromatic rings. The van der Waals surface area contributed by atoms with Crippen LogP contribution in [0.3, 0.4) is 0 Å². The number of carbonyl (C=O) groups is 4. The second kappa shape index (κ2) is 16.8. The van der Waals surface area contributed by atoms with E-state index >= 15 is 0 Å². The molecule has 2 aliphatic carbocycles. The first-order valence-corrected chi connectivity index (χ1v) is 19.4. The van der Waals surface area contributed by atoms with Crippen LogP contribution in [0.1, 0.15) is 84.9 Å². The number of carboxylic acids is 1. The molecule has 62 heavy (non-hydrogen) atoms. The average Bonchev–Trinajstić information content (AvgIpc) is 3.22. The van der Waals surface area contributed by atoms with E-state index in [1.54, 1.807) is 6.92 Å². The van der Waals surface area contributed by atoms with Crippen molar-refractivity contribution in [1.29, 1.82) is 0 Å². The smallest absolute Gasteiger partial charge is 0.325 e. The van der Waals surface area contributed by atoms with E-state index in [-0.39, 0.29) is 28.0 Å². The standard InChI is InChI=1S/C41H46N2O19/c1-11-6-18-24(31(50)21(11)38(55)43-12(2)39(56)57)23-16(9-17-25(32(23)51)28(47)15-7-14(58-5)8-19(45)22(15)27(17)46)29(48)36(18)61-41-35(54)37(26(42-4)13(3)59-41)62-40-34(53)33(52)30(49)20(10-44)60-40/h6-9,12-13,20,26,29-30,33-37,40-42,44-45,48-54H,10H2,1-5H3,(H,43,55)(H,56,57). The van der Waals surface area contributed by atoms with Gasteiger partial charge in [0.2, 0.25) is 0 Å². The Morgan fingerprint density at radius 3 is 2.06 bits per heavy atom. The van der Waals surface area contributed by atoms with Crippen LogP contribution in [0.15, 0.2) is 24.3 Å². The van der Waals surface area contributed by atoms with E-state index in [2.05, 4.69) is 10.6 Å². The first kappa shape index (κ1) is 44.7. The third-order valence-corrected chi connectivity index (χ3v) is 11.8. The fourth-order valence-corrected chi connectivity index (χ4v) is 8.58. The number of hydrogen-bond acceptors (Lipinski definition) is 19. The van der Waals surface area contributed by atoms with Gasteiger partial charge in [-0.3, -0.25) is 19.2 Å². The SMILES string of the molecule is CNC1C(C)OC(OC2c3cc(C)c(C(=O)NC(C)C(=O)O)c(O)c3-c3c(cc4c(c3O)C(=O)c3cc(OC)cc(O)c3C4=O)C2O)C(O)C1OC1OC(CO)C(O)C(O)C1O. The number of carbonyl (C=O) groups excluding carboxylic acids is 3. The molecule has 0 aromatic heterocycles. The van der Waals surface area contributed by atoms with Gasteiger partial charge in [-0.25, -0.2) is 0 Å². The maximum Gasteiger partial charge on any atom is 0.325 e. The van der Waals surface area contributed by atoms with Gasteiger partial charge in [-0.05, 0) is 56.6 Å². The number of aliphatic hydroxyl groups is 6. The van der Waals surface area contributed by atoms with E-state index in [4.69, 9.17) is 23.7 Å². The molecule has 1 amide bonds. The van der Waals surface area contributed by atoms with Gasteiger partial charge in [0, 0.05) is 28.3 Å². The molecule has 0 spiro atoms. The Balaban J connectivity index is 1.36. The number of phenolic OH excluding ortho intramolecular Hbond substituents is 3. The van der Waals surface area contributed by atoms with Crippen molar-refractivity contribution in [3.8, 4) is 34.1 Å². The minimum atomic E-state index is -1.93. The maximum atomic E-state index is 14.1. The number of benzene rings is 3. The van der Waals surface area contributed by atoms with E-state index in [0.717, 1.165) is 12.1 Å². The van der Waals surface area contributed by atoms with Crippen LogP contribution in [-0.2, 0) is 23.7 Å². The lowest BCUT2D eigenvalue weighted by atomic mass is 9.74. The first-order chi connectivity index (χ1) is 29.3. The largest absolute Gasteiger partial charge is 0.507 e. The number of aryl methyl sites for hydroxylation is 1. The molecule has 21 nitrogen and oxygen atoms in total. The highest BCUT2D eigenvalue weighted by Gasteiger charge is 2.52. The van der Waals surface area contributed by atoms with Crippen LogP contribution in [-0.4, -0.2) is 163 Å². The lowest BCUT2D eigenvalue weighted by Gasteiger charge is -2.48. The maximum absolute atomic E-state index is 14.1. The number of carboxylic acid groups (broad SMARTS) is 1. The van der Waals surface area contributed by atoms with E-state index < -0.39 is 160 Å². The summed E-state index contributed by atoms with van der Waals surface area (Å²) >= 11 is 0. The van der Waals surface area contributed by atoms with Gasteiger partial charge in [-0.15, -0.1) is 0 Å². The highest BCUT2D eigenvalue weighted by molar-refractivity contribution is 6.31. The van der Waals surface area contributed by atoms with Gasteiger partial charge < -0.3 is 85.4 Å². The zero-order valence-corrected chi connectivity index (χ0v) is 33.7. The molecule has 2 fully saturated rings. The molecule has 334 valence electrons. The number of phenols is 3. The Hall–Kier alpha value is -5.30. The minimum absolute atomic E-state index is 0.00623. The van der Waals surface area contributed by atoms with Crippen LogP contribution in [0.2, 0.25) is 0 Å². The summed E-state index contributed by atoms with van der Waals surface area (Å²) in [5, 5.41) is 115. The Kier molecular flexibility index (Phi) is 12.1. The molecule has 0 radical (unpaired) electrons. The van der Waals surface area contributed by atoms with Crippen LogP contribution < -0.4 is 15.4 Å². The molecule has 2 heterocycles. The Bertz CT molecular complexity index is 2330. The van der Waals surface area contributed by atoms with Gasteiger partial charge in [0.1, 0.15) is 77.9 Å². The number of methoxy groups -OCH3 is 1. The number of ketones is 2. The number of rotatable bonds is 10. The molecule has 2 aliphatic heterocycles. The van der Waals surface area contributed by atoms with Gasteiger partial charge in [-0.2, -0.15) is 0 Å². The van der Waals surface area contributed by atoms with Crippen molar-refractivity contribution in [2.45, 2.75) is 100 Å². The molecule has 2 saturated heterocycles. The number of aromatic hydroxyl groups is 3. The fraction of sp³-hybridized carbons (Fsp3) is 0.463. The number of likely N-dealkylation sites (N-methyl/N-ethyl adjacent to an activating group) is 1. The number of nitrogens with one attached hydrogen (secondary N) is 2. The van der Waals surface area contributed by atoms with Gasteiger partial charge in [0.25, 0.3) is 5.91 Å². The normalized spacial score (nSPS) is 30.7. The molecule has 12 N–H and O–H groups in total. The summed E-state index contributed by atoms with van der Waals surface area (Å²) in [7, 11) is 2.76. The van der Waals surface area contributed by atoms with Crippen LogP contribution in [0.4, 0.5) is 0 Å². The van der Waals surface area contributed by atoms with E-state index in [1.165, 1.54) is 40.1 Å². The van der Waals surface area contributed by atoms with Crippen molar-refractivity contribution in [2.75, 3.05) is 20.8 Å². The molecule has 13 unspecified atom stereocenters. The summed E-state index contributed by atoms with van der Waals surface area (Å²) in [6, 6.07) is 2.30. The predicted octanol–water partition coefficient (Wildman–Crippen LogP) is -1.25. The van der Waals surface area contributed by atoms with E-state index in [1.807, 2.05) is 0 Å². The van der Waals surface area contributed by atoms with Crippen molar-refractivity contribution in [3.05, 3.63) is 68.8 Å². The van der Waals surface area contributed by atoms with Crippen molar-refractivity contribution in [1.82, 2.24) is 10.6 Å². The number of aliphatic hydroxyl groups excluding tert-OH is 6. The summed E-state index contributed by atoms with van der Waals surface area (Å²) in [6.07, 6.45) is -18.0. The van der Waals surface area contributed by atoms with Crippen molar-refractivity contribution < 1.29 is 93.9 Å². The van der Waals surface area contributed by atoms with Gasteiger partial charge >= 0.3 is 5.97 Å². The van der Waals surface area contributed by atoms with E-state index in [0.29, 0.717) is 0 Å². The minimum Gasteiger partial charge on any atom is -0.507 e. The number of aliphatic carboxylic acids is 1. The molecule has 21 heteroatoms. The second-order valence-electron chi connectivity index (χ2n) is 15.6. The number of hydrogen-bond donors (Lipinski definition) is 12. The predicted molar refractivity (Wildman–Crippen MR) is 207 cm³/mol. The van der Waals surface area contributed by atoms with Crippen LogP contribution >= 0.6 is 0 Å². The Morgan fingerprint density at radius 2 is 1.44 bits per heavy atom. The Morgan fingerprint density at radius 1 is 0.806 bits per heavy atom. The van der Waals surface area contributed by atoms with Crippen LogP contribution in [0.5, 0.6) is 23.0 Å². The van der Waals surface area contributed by atoms with Gasteiger partial charge in [-0.1, -0.05) is 6.07 Å². The molecule has 3 aromatic carbocycles. The third kappa shape index (κ3) is 7.13. The quantitative estimate of drug-likeness (QED) is 0.0886. The molecule has 13 atom stereocenters. The first-order valence-electron chi connectivity index (χ1n) is 19.4. The molecular formula is C41H46N2O19. The molecule has 0 bridgehead atoms. The summed E-state index contributed by atoms with van der Waals surface area (Å²) in [4.78, 5) is 53.4. The average molecular weight is 871 g/mol. The summed E-state index contributed by atoms with van der Waals surface area (Å²) in [5.74, 6) is -6.74. The second-order valence-corrected chi connectivity index (χ2v) is 15.6. The topological polar surface area (TPSA) is 341 Å². The molecule has 0 saturated carbocycles. The lowest BCUT2D eigenvalue weighted by Crippen LogP contribution is -2.66. The number of ether oxygens (including phenoxy) is 5. The lowest BCUT2D eigenvalue weighted by molar-refractivity contribution is -0.351. The third-order valence-electron chi connectivity index (χ3n) is 11.8. The highest BCUT2D eigenvalue weighted by Crippen LogP contribution is 2.57. The van der Waals surface area contributed by atoms with Gasteiger partial charge in [0.05, 0.1) is 42.6 Å². The highest BCUT2D eigenvalue weighted by atomic mass is 16.7. The Labute approximate surface area is 351 Å². The molecular weight excluding hydrogens is 824 g/mol. The van der Waals surface area contributed by atoms with Crippen LogP contribution in [0.25, 0.3) is 11.1 Å². The summed E-state index contributed by atoms with van der Waals surface area (Å²) in [6.45, 7) is 3.34. The van der Waals surface area contributed by atoms with Gasteiger partial charge in [0.15, 0.2) is 24.1 Å². The zero-order valence-electron chi connectivity index (χ0n) is 33.7. The zero-order chi connectivity index (χ0) is 45.4. The number of fused-ring (bicyclic) bond motifs is 5. The van der Waals surface area contributed by atoms with Crippen LogP contribution in [0, 0.1) is 6.92 Å². The van der Waals surface area contributed by atoms with Crippen molar-refractivity contribution in [2.24, 2.45) is 0 Å². The monoisotopic (exact) mass is 870 g/mol. The molecule has 4 aliphatic rings. The summed E-state index contributed by atoms with van der Waals surface area (Å²) in [5.41, 5.74) is -3.55. The van der Waals surface area contributed by atoms with Crippen molar-refractivity contribution >= 4 is 23.4 Å². The molecule has 7 rings (SSSR count). The van der Waals surface area contributed by atoms with Crippen molar-refractivity contribution in [3.63, 3.8) is 0 Å². The number of amides is 1. The van der Waals surface area contributed by atoms with E-state index in [9.17, 15) is 70.2 Å².